The molecule has 2 fully saturated rings. The van der Waals surface area contributed by atoms with E-state index in [2.05, 4.69) is 46.3 Å². The fourth-order valence-corrected chi connectivity index (χ4v) is 5.00. The van der Waals surface area contributed by atoms with Gasteiger partial charge in [0.15, 0.2) is 0 Å². The molecule has 0 atom stereocenters. The topological polar surface area (TPSA) is 35.6 Å². The van der Waals surface area contributed by atoms with Gasteiger partial charge in [-0.2, -0.15) is 0 Å². The normalized spacial score (nSPS) is 24.4. The van der Waals surface area contributed by atoms with Gasteiger partial charge in [-0.1, -0.05) is 44.0 Å². The van der Waals surface area contributed by atoms with E-state index in [4.69, 9.17) is 0 Å². The van der Waals surface area contributed by atoms with Crippen LogP contribution >= 0.6 is 0 Å². The molecular formula is C21H31N3O. The summed E-state index contributed by atoms with van der Waals surface area (Å²) >= 11 is 0. The Hall–Kier alpha value is -1.39. The van der Waals surface area contributed by atoms with Crippen LogP contribution in [0.1, 0.15) is 43.7 Å². The van der Waals surface area contributed by atoms with Crippen molar-refractivity contribution in [3.05, 3.63) is 35.4 Å². The minimum Gasteiger partial charge on any atom is -0.352 e. The molecule has 1 saturated heterocycles. The Morgan fingerprint density at radius 3 is 2.24 bits per heavy atom. The predicted molar refractivity (Wildman–Crippen MR) is 101 cm³/mol. The lowest BCUT2D eigenvalue weighted by Crippen LogP contribution is -2.65. The maximum absolute atomic E-state index is 13.5. The lowest BCUT2D eigenvalue weighted by Gasteiger charge is -2.45. The first-order valence-electron chi connectivity index (χ1n) is 10.1. The van der Waals surface area contributed by atoms with Gasteiger partial charge in [0.1, 0.15) is 5.54 Å². The second kappa shape index (κ2) is 7.08. The summed E-state index contributed by atoms with van der Waals surface area (Å²) in [5, 5.41) is 3.42. The van der Waals surface area contributed by atoms with Crippen LogP contribution in [0.4, 0.5) is 0 Å². The Balaban J connectivity index is 1.57. The molecule has 2 aliphatic carbocycles. The van der Waals surface area contributed by atoms with Crippen molar-refractivity contribution >= 4 is 5.91 Å². The van der Waals surface area contributed by atoms with Crippen LogP contribution < -0.4 is 5.32 Å². The third-order valence-electron chi connectivity index (χ3n) is 6.62. The van der Waals surface area contributed by atoms with Crippen molar-refractivity contribution in [3.63, 3.8) is 0 Å². The number of likely N-dealkylation sites (N-methyl/N-ethyl adjacent to an activating group) is 1. The zero-order valence-corrected chi connectivity index (χ0v) is 15.5. The Labute approximate surface area is 151 Å². The summed E-state index contributed by atoms with van der Waals surface area (Å²) in [6, 6.07) is 9.03. The van der Waals surface area contributed by atoms with Crippen molar-refractivity contribution in [2.45, 2.75) is 57.0 Å². The molecule has 4 heteroatoms. The van der Waals surface area contributed by atoms with E-state index in [0.29, 0.717) is 6.04 Å². The van der Waals surface area contributed by atoms with Crippen LogP contribution in [0.2, 0.25) is 0 Å². The summed E-state index contributed by atoms with van der Waals surface area (Å²) < 4.78 is 0. The molecule has 4 nitrogen and oxygen atoms in total. The van der Waals surface area contributed by atoms with Gasteiger partial charge in [0, 0.05) is 45.1 Å². The molecule has 1 heterocycles. The average Bonchev–Trinajstić information content (AvgIpc) is 3.29. The summed E-state index contributed by atoms with van der Waals surface area (Å²) in [5.74, 6) is 0.278. The van der Waals surface area contributed by atoms with Crippen molar-refractivity contribution < 1.29 is 4.79 Å². The van der Waals surface area contributed by atoms with E-state index in [1.54, 1.807) is 0 Å². The fourth-order valence-electron chi connectivity index (χ4n) is 5.00. The van der Waals surface area contributed by atoms with Crippen molar-refractivity contribution in [2.75, 3.05) is 32.7 Å². The summed E-state index contributed by atoms with van der Waals surface area (Å²) in [7, 11) is 0. The second-order valence-corrected chi connectivity index (χ2v) is 8.03. The van der Waals surface area contributed by atoms with Gasteiger partial charge in [0.25, 0.3) is 0 Å². The SMILES string of the molecule is CCN1CCN(C2(C(=O)NC3CCCC3)Cc3ccccc3C2)CC1. The molecule has 3 aliphatic rings. The molecule has 25 heavy (non-hydrogen) atoms. The van der Waals surface area contributed by atoms with Crippen molar-refractivity contribution in [2.24, 2.45) is 0 Å². The Morgan fingerprint density at radius 2 is 1.68 bits per heavy atom. The molecule has 1 aliphatic heterocycles. The first-order chi connectivity index (χ1) is 12.2. The van der Waals surface area contributed by atoms with Crippen molar-refractivity contribution in [1.29, 1.82) is 0 Å². The van der Waals surface area contributed by atoms with Gasteiger partial charge in [-0.15, -0.1) is 0 Å². The highest BCUT2D eigenvalue weighted by atomic mass is 16.2. The minimum atomic E-state index is -0.369. The van der Waals surface area contributed by atoms with E-state index in [9.17, 15) is 4.79 Å². The number of hydrogen-bond acceptors (Lipinski definition) is 3. The summed E-state index contributed by atoms with van der Waals surface area (Å²) in [5.41, 5.74) is 2.36. The van der Waals surface area contributed by atoms with Gasteiger partial charge in [0.05, 0.1) is 0 Å². The molecule has 136 valence electrons. The van der Waals surface area contributed by atoms with E-state index in [0.717, 1.165) is 58.4 Å². The molecule has 1 amide bonds. The molecule has 0 radical (unpaired) electrons. The third kappa shape index (κ3) is 3.22. The second-order valence-electron chi connectivity index (χ2n) is 8.03. The number of fused-ring (bicyclic) bond motifs is 1. The zero-order valence-electron chi connectivity index (χ0n) is 15.5. The number of piperazine rings is 1. The number of carbonyl (C=O) groups is 1. The van der Waals surface area contributed by atoms with Gasteiger partial charge in [-0.05, 0) is 30.5 Å². The standard InChI is InChI=1S/C21H31N3O/c1-2-23-11-13-24(14-12-23)21(20(25)22-19-9-5-6-10-19)15-17-7-3-4-8-18(17)16-21/h3-4,7-8,19H,2,5-6,9-16H2,1H3,(H,22,25). The fraction of sp³-hybridized carbons (Fsp3) is 0.667. The lowest BCUT2D eigenvalue weighted by atomic mass is 9.90. The molecule has 0 aromatic heterocycles. The van der Waals surface area contributed by atoms with Crippen LogP contribution in [0, 0.1) is 0 Å². The Morgan fingerprint density at radius 1 is 1.08 bits per heavy atom. The quantitative estimate of drug-likeness (QED) is 0.912. The average molecular weight is 341 g/mol. The number of nitrogens with zero attached hydrogens (tertiary/aromatic N) is 2. The van der Waals surface area contributed by atoms with Crippen LogP contribution in [0.15, 0.2) is 24.3 Å². The Bertz CT molecular complexity index is 590. The number of benzene rings is 1. The molecule has 4 rings (SSSR count). The summed E-state index contributed by atoms with van der Waals surface area (Å²) in [6.45, 7) is 7.48. The molecule has 0 bridgehead atoms. The monoisotopic (exact) mass is 341 g/mol. The lowest BCUT2D eigenvalue weighted by molar-refractivity contribution is -0.135. The van der Waals surface area contributed by atoms with Gasteiger partial charge in [0.2, 0.25) is 5.91 Å². The summed E-state index contributed by atoms with van der Waals surface area (Å²) in [4.78, 5) is 18.5. The smallest absolute Gasteiger partial charge is 0.241 e. The third-order valence-corrected chi connectivity index (χ3v) is 6.62. The van der Waals surface area contributed by atoms with Gasteiger partial charge in [-0.25, -0.2) is 0 Å². The number of carbonyl (C=O) groups excluding carboxylic acids is 1. The molecule has 0 spiro atoms. The molecule has 1 aromatic rings. The van der Waals surface area contributed by atoms with Gasteiger partial charge >= 0.3 is 0 Å². The molecule has 1 aromatic carbocycles. The van der Waals surface area contributed by atoms with E-state index in [1.807, 2.05) is 0 Å². The van der Waals surface area contributed by atoms with Crippen LogP contribution in [-0.4, -0.2) is 60.0 Å². The van der Waals surface area contributed by atoms with Crippen LogP contribution in [-0.2, 0) is 17.6 Å². The van der Waals surface area contributed by atoms with Gasteiger partial charge in [-0.3, -0.25) is 9.69 Å². The number of nitrogens with one attached hydrogen (secondary N) is 1. The first kappa shape index (κ1) is 17.0. The molecule has 1 saturated carbocycles. The zero-order chi connectivity index (χ0) is 17.3. The van der Waals surface area contributed by atoms with E-state index >= 15 is 0 Å². The number of amides is 1. The first-order valence-corrected chi connectivity index (χ1v) is 10.1. The highest BCUT2D eigenvalue weighted by molar-refractivity contribution is 5.88. The van der Waals surface area contributed by atoms with Crippen LogP contribution in [0.3, 0.4) is 0 Å². The Kier molecular flexibility index (Phi) is 4.83. The minimum absolute atomic E-state index is 0.278. The van der Waals surface area contributed by atoms with Crippen LogP contribution in [0.25, 0.3) is 0 Å². The highest BCUT2D eigenvalue weighted by Crippen LogP contribution is 2.36. The molecule has 1 N–H and O–H groups in total. The van der Waals surface area contributed by atoms with Crippen molar-refractivity contribution in [1.82, 2.24) is 15.1 Å². The van der Waals surface area contributed by atoms with E-state index in [1.165, 1.54) is 24.0 Å². The molecular weight excluding hydrogens is 310 g/mol. The number of hydrogen-bond donors (Lipinski definition) is 1. The predicted octanol–water partition coefficient (Wildman–Crippen LogP) is 2.22. The van der Waals surface area contributed by atoms with E-state index < -0.39 is 0 Å². The summed E-state index contributed by atoms with van der Waals surface area (Å²) in [6.07, 6.45) is 6.55. The maximum atomic E-state index is 13.5. The highest BCUT2D eigenvalue weighted by Gasteiger charge is 2.49. The van der Waals surface area contributed by atoms with Crippen molar-refractivity contribution in [3.8, 4) is 0 Å². The molecule has 0 unspecified atom stereocenters. The number of rotatable bonds is 4. The van der Waals surface area contributed by atoms with E-state index in [-0.39, 0.29) is 11.4 Å². The largest absolute Gasteiger partial charge is 0.352 e. The van der Waals surface area contributed by atoms with Crippen LogP contribution in [0.5, 0.6) is 0 Å². The maximum Gasteiger partial charge on any atom is 0.241 e. The van der Waals surface area contributed by atoms with Gasteiger partial charge < -0.3 is 10.2 Å².